The lowest BCUT2D eigenvalue weighted by Crippen LogP contribution is -2.34. The van der Waals surface area contributed by atoms with Gasteiger partial charge in [0.05, 0.1) is 38.6 Å². The van der Waals surface area contributed by atoms with Gasteiger partial charge in [-0.15, -0.1) is 0 Å². The first-order chi connectivity index (χ1) is 15.6. The Labute approximate surface area is 185 Å². The molecular formula is C25H23FN2O4. The number of rotatable bonds is 5. The SMILES string of the molecule is COc1cc(OC)c(C2Oc3ccccc3C3CC(c4ccc(F)cc4)=NN32)cc1OC. The van der Waals surface area contributed by atoms with E-state index in [0.29, 0.717) is 23.7 Å². The smallest absolute Gasteiger partial charge is 0.217 e. The molecule has 0 aromatic heterocycles. The van der Waals surface area contributed by atoms with Gasteiger partial charge in [0.15, 0.2) is 11.5 Å². The molecule has 2 atom stereocenters. The molecular weight excluding hydrogens is 411 g/mol. The van der Waals surface area contributed by atoms with Crippen LogP contribution >= 0.6 is 0 Å². The maximum Gasteiger partial charge on any atom is 0.217 e. The summed E-state index contributed by atoms with van der Waals surface area (Å²) in [6.45, 7) is 0. The second-order valence-electron chi connectivity index (χ2n) is 7.61. The molecule has 2 aliphatic rings. The van der Waals surface area contributed by atoms with E-state index in [0.717, 1.165) is 28.2 Å². The van der Waals surface area contributed by atoms with Gasteiger partial charge in [-0.3, -0.25) is 0 Å². The van der Waals surface area contributed by atoms with E-state index in [2.05, 4.69) is 6.07 Å². The van der Waals surface area contributed by atoms with Gasteiger partial charge in [-0.05, 0) is 29.8 Å². The van der Waals surface area contributed by atoms with Crippen LogP contribution in [0.2, 0.25) is 0 Å². The van der Waals surface area contributed by atoms with E-state index >= 15 is 0 Å². The van der Waals surface area contributed by atoms with Crippen molar-refractivity contribution in [2.24, 2.45) is 5.10 Å². The molecule has 2 aliphatic heterocycles. The summed E-state index contributed by atoms with van der Waals surface area (Å²) in [5.41, 5.74) is 3.59. The Morgan fingerprint density at radius 1 is 0.875 bits per heavy atom. The first kappa shape index (κ1) is 20.2. The van der Waals surface area contributed by atoms with Gasteiger partial charge in [0, 0.05) is 18.1 Å². The van der Waals surface area contributed by atoms with E-state index < -0.39 is 6.23 Å². The maximum atomic E-state index is 13.5. The van der Waals surface area contributed by atoms with Crippen molar-refractivity contribution in [1.82, 2.24) is 5.01 Å². The third kappa shape index (κ3) is 3.30. The molecule has 2 unspecified atom stereocenters. The van der Waals surface area contributed by atoms with Crippen molar-refractivity contribution < 1.29 is 23.3 Å². The van der Waals surface area contributed by atoms with Gasteiger partial charge >= 0.3 is 0 Å². The second kappa shape index (κ2) is 8.07. The zero-order chi connectivity index (χ0) is 22.2. The molecule has 0 bridgehead atoms. The fourth-order valence-electron chi connectivity index (χ4n) is 4.30. The summed E-state index contributed by atoms with van der Waals surface area (Å²) < 4.78 is 36.5. The summed E-state index contributed by atoms with van der Waals surface area (Å²) in [6, 6.07) is 18.0. The number of para-hydroxylation sites is 1. The Hall–Kier alpha value is -3.74. The number of nitrogens with zero attached hydrogens (tertiary/aromatic N) is 2. The van der Waals surface area contributed by atoms with Crippen LogP contribution in [-0.4, -0.2) is 32.0 Å². The van der Waals surface area contributed by atoms with Gasteiger partial charge in [-0.25, -0.2) is 9.40 Å². The predicted octanol–water partition coefficient (Wildman–Crippen LogP) is 5.09. The Morgan fingerprint density at radius 3 is 2.28 bits per heavy atom. The van der Waals surface area contributed by atoms with E-state index in [9.17, 15) is 4.39 Å². The lowest BCUT2D eigenvalue weighted by atomic mass is 9.95. The number of fused-ring (bicyclic) bond motifs is 3. The van der Waals surface area contributed by atoms with Crippen molar-refractivity contribution in [2.75, 3.05) is 21.3 Å². The fourth-order valence-corrected chi connectivity index (χ4v) is 4.30. The summed E-state index contributed by atoms with van der Waals surface area (Å²) in [4.78, 5) is 0. The van der Waals surface area contributed by atoms with Crippen LogP contribution < -0.4 is 18.9 Å². The van der Waals surface area contributed by atoms with Crippen molar-refractivity contribution in [3.05, 3.63) is 83.2 Å². The van der Waals surface area contributed by atoms with E-state index in [-0.39, 0.29) is 11.9 Å². The van der Waals surface area contributed by atoms with Crippen LogP contribution in [0.25, 0.3) is 0 Å². The highest BCUT2D eigenvalue weighted by molar-refractivity contribution is 6.01. The van der Waals surface area contributed by atoms with E-state index in [1.54, 1.807) is 39.5 Å². The molecule has 32 heavy (non-hydrogen) atoms. The van der Waals surface area contributed by atoms with E-state index in [1.807, 2.05) is 29.3 Å². The lowest BCUT2D eigenvalue weighted by molar-refractivity contribution is -0.0205. The van der Waals surface area contributed by atoms with Crippen LogP contribution in [0.4, 0.5) is 4.39 Å². The minimum Gasteiger partial charge on any atom is -0.496 e. The normalized spacial score (nSPS) is 18.9. The predicted molar refractivity (Wildman–Crippen MR) is 118 cm³/mol. The zero-order valence-corrected chi connectivity index (χ0v) is 18.0. The number of halogens is 1. The molecule has 0 saturated carbocycles. The van der Waals surface area contributed by atoms with Crippen LogP contribution in [0, 0.1) is 5.82 Å². The topological polar surface area (TPSA) is 52.5 Å². The Kier molecular flexibility index (Phi) is 5.09. The molecule has 2 heterocycles. The standard InChI is InChI=1S/C25H23FN2O4/c1-29-22-14-24(31-3)23(30-2)12-18(22)25-28-20(17-6-4-5-7-21(17)32-25)13-19(27-28)15-8-10-16(26)11-9-15/h4-12,14,20,25H,13H2,1-3H3. The number of hydrogen-bond acceptors (Lipinski definition) is 6. The van der Waals surface area contributed by atoms with Gasteiger partial charge in [-0.1, -0.05) is 30.3 Å². The molecule has 3 aromatic carbocycles. The highest BCUT2D eigenvalue weighted by Crippen LogP contribution is 2.50. The Morgan fingerprint density at radius 2 is 1.56 bits per heavy atom. The summed E-state index contributed by atoms with van der Waals surface area (Å²) >= 11 is 0. The summed E-state index contributed by atoms with van der Waals surface area (Å²) in [5, 5.41) is 6.86. The van der Waals surface area contributed by atoms with Gasteiger partial charge in [0.1, 0.15) is 17.3 Å². The molecule has 0 amide bonds. The van der Waals surface area contributed by atoms with Crippen molar-refractivity contribution in [3.63, 3.8) is 0 Å². The fraction of sp³-hybridized carbons (Fsp3) is 0.240. The summed E-state index contributed by atoms with van der Waals surface area (Å²) in [5.74, 6) is 2.27. The van der Waals surface area contributed by atoms with E-state index in [4.69, 9.17) is 24.0 Å². The second-order valence-corrected chi connectivity index (χ2v) is 7.61. The quantitative estimate of drug-likeness (QED) is 0.560. The molecule has 7 heteroatoms. The zero-order valence-electron chi connectivity index (χ0n) is 18.0. The molecule has 5 rings (SSSR count). The Balaban J connectivity index is 1.63. The molecule has 0 fully saturated rings. The van der Waals surface area contributed by atoms with E-state index in [1.165, 1.54) is 12.1 Å². The lowest BCUT2D eigenvalue weighted by Gasteiger charge is -2.38. The maximum absolute atomic E-state index is 13.5. The first-order valence-electron chi connectivity index (χ1n) is 10.3. The molecule has 0 radical (unpaired) electrons. The van der Waals surface area contributed by atoms with Gasteiger partial charge in [0.2, 0.25) is 6.23 Å². The molecule has 6 nitrogen and oxygen atoms in total. The van der Waals surface area contributed by atoms with Crippen LogP contribution in [0.15, 0.2) is 65.8 Å². The highest BCUT2D eigenvalue weighted by Gasteiger charge is 2.42. The van der Waals surface area contributed by atoms with Crippen molar-refractivity contribution in [2.45, 2.75) is 18.7 Å². The first-order valence-corrected chi connectivity index (χ1v) is 10.3. The van der Waals surface area contributed by atoms with Crippen LogP contribution in [0.1, 0.15) is 35.4 Å². The highest BCUT2D eigenvalue weighted by atomic mass is 19.1. The van der Waals surface area contributed by atoms with Crippen molar-refractivity contribution in [3.8, 4) is 23.0 Å². The molecule has 0 aliphatic carbocycles. The largest absolute Gasteiger partial charge is 0.496 e. The number of methoxy groups -OCH3 is 3. The minimum atomic E-state index is -0.539. The van der Waals surface area contributed by atoms with Crippen molar-refractivity contribution >= 4 is 5.71 Å². The molecule has 164 valence electrons. The van der Waals surface area contributed by atoms with Crippen LogP contribution in [-0.2, 0) is 0 Å². The van der Waals surface area contributed by atoms with Crippen LogP contribution in [0.3, 0.4) is 0 Å². The number of ether oxygens (including phenoxy) is 4. The van der Waals surface area contributed by atoms with Crippen LogP contribution in [0.5, 0.6) is 23.0 Å². The molecule has 0 spiro atoms. The number of hydrogen-bond donors (Lipinski definition) is 0. The third-order valence-electron chi connectivity index (χ3n) is 5.88. The average Bonchev–Trinajstić information content (AvgIpc) is 3.29. The number of hydrazone groups is 1. The van der Waals surface area contributed by atoms with Gasteiger partial charge in [-0.2, -0.15) is 5.10 Å². The minimum absolute atomic E-state index is 0.0252. The Bertz CT molecular complexity index is 1180. The third-order valence-corrected chi connectivity index (χ3v) is 5.88. The van der Waals surface area contributed by atoms with Gasteiger partial charge < -0.3 is 18.9 Å². The monoisotopic (exact) mass is 434 g/mol. The van der Waals surface area contributed by atoms with Crippen molar-refractivity contribution in [1.29, 1.82) is 0 Å². The molecule has 3 aromatic rings. The summed E-state index contributed by atoms with van der Waals surface area (Å²) in [7, 11) is 4.78. The molecule has 0 saturated heterocycles. The van der Waals surface area contributed by atoms with Gasteiger partial charge in [0.25, 0.3) is 0 Å². The molecule has 0 N–H and O–H groups in total. The summed E-state index contributed by atoms with van der Waals surface area (Å²) in [6.07, 6.45) is 0.139. The number of benzene rings is 3. The average molecular weight is 434 g/mol.